The predicted molar refractivity (Wildman–Crippen MR) is 71.7 cm³/mol. The minimum atomic E-state index is -0.292. The number of nitrogen functional groups attached to an aromatic ring is 1. The third-order valence-corrected chi connectivity index (χ3v) is 2.15. The van der Waals surface area contributed by atoms with E-state index in [1.165, 1.54) is 0 Å². The lowest BCUT2D eigenvalue weighted by Gasteiger charge is -2.08. The minimum Gasteiger partial charge on any atom is -0.397 e. The molecule has 0 atom stereocenters. The van der Waals surface area contributed by atoms with Crippen molar-refractivity contribution >= 4 is 17.4 Å². The van der Waals surface area contributed by atoms with Crippen molar-refractivity contribution in [3.8, 4) is 0 Å². The van der Waals surface area contributed by atoms with Gasteiger partial charge in [-0.05, 0) is 30.5 Å². The zero-order chi connectivity index (χ0) is 12.8. The largest absolute Gasteiger partial charge is 0.397 e. The molecule has 1 aromatic carbocycles. The van der Waals surface area contributed by atoms with Crippen LogP contribution in [0, 0.1) is 12.8 Å². The van der Waals surface area contributed by atoms with Crippen LogP contribution in [0.3, 0.4) is 0 Å². The first-order chi connectivity index (χ1) is 7.99. The number of hydrogen-bond acceptors (Lipinski definition) is 2. The molecule has 0 spiro atoms. The first-order valence-electron chi connectivity index (χ1n) is 5.59. The second-order valence-electron chi connectivity index (χ2n) is 4.29. The molecule has 0 aliphatic carbocycles. The molecule has 4 N–H and O–H groups in total. The lowest BCUT2D eigenvalue weighted by molar-refractivity contribution is 0.255. The topological polar surface area (TPSA) is 67.1 Å². The van der Waals surface area contributed by atoms with Crippen LogP contribution in [0.25, 0.3) is 0 Å². The van der Waals surface area contributed by atoms with Crippen LogP contribution in [0.4, 0.5) is 16.2 Å². The molecular formula is C13H19N3O. The van der Waals surface area contributed by atoms with Crippen LogP contribution in [-0.4, -0.2) is 6.03 Å². The average molecular weight is 233 g/mol. The second-order valence-corrected chi connectivity index (χ2v) is 4.29. The Morgan fingerprint density at radius 3 is 2.76 bits per heavy atom. The van der Waals surface area contributed by atoms with E-state index < -0.39 is 0 Å². The van der Waals surface area contributed by atoms with Crippen LogP contribution in [0.2, 0.25) is 0 Å². The van der Waals surface area contributed by atoms with Crippen molar-refractivity contribution in [3.05, 3.63) is 36.0 Å². The predicted octanol–water partition coefficient (Wildman–Crippen LogP) is 2.87. The first kappa shape index (κ1) is 13.1. The summed E-state index contributed by atoms with van der Waals surface area (Å²) < 4.78 is 0. The molecule has 1 aromatic rings. The van der Waals surface area contributed by atoms with Gasteiger partial charge in [0.25, 0.3) is 0 Å². The van der Waals surface area contributed by atoms with Crippen LogP contribution < -0.4 is 16.4 Å². The molecule has 0 unspecified atom stereocenters. The number of aryl methyl sites for hydroxylation is 1. The van der Waals surface area contributed by atoms with E-state index in [-0.39, 0.29) is 6.03 Å². The Bertz CT molecular complexity index is 425. The number of anilines is 2. The maximum atomic E-state index is 11.5. The SMILES string of the molecule is Cc1ccc(N)c(NC(=O)N/C=C/C(C)C)c1. The third-order valence-electron chi connectivity index (χ3n) is 2.15. The van der Waals surface area contributed by atoms with Gasteiger partial charge in [0.1, 0.15) is 0 Å². The first-order valence-corrected chi connectivity index (χ1v) is 5.59. The van der Waals surface area contributed by atoms with E-state index in [2.05, 4.69) is 10.6 Å². The molecule has 0 aliphatic heterocycles. The van der Waals surface area contributed by atoms with Crippen molar-refractivity contribution in [1.29, 1.82) is 0 Å². The number of amides is 2. The highest BCUT2D eigenvalue weighted by Crippen LogP contribution is 2.19. The van der Waals surface area contributed by atoms with Gasteiger partial charge in [-0.15, -0.1) is 0 Å². The highest BCUT2D eigenvalue weighted by Gasteiger charge is 2.03. The van der Waals surface area contributed by atoms with Gasteiger partial charge in [0.05, 0.1) is 11.4 Å². The molecule has 1 rings (SSSR count). The number of carbonyl (C=O) groups excluding carboxylic acids is 1. The third kappa shape index (κ3) is 4.59. The number of carbonyl (C=O) groups is 1. The summed E-state index contributed by atoms with van der Waals surface area (Å²) in [5.74, 6) is 0.402. The summed E-state index contributed by atoms with van der Waals surface area (Å²) in [7, 11) is 0. The van der Waals surface area contributed by atoms with Crippen LogP contribution in [0.1, 0.15) is 19.4 Å². The van der Waals surface area contributed by atoms with Gasteiger partial charge in [-0.1, -0.05) is 26.0 Å². The number of nitrogens with two attached hydrogens (primary N) is 1. The molecule has 0 radical (unpaired) electrons. The summed E-state index contributed by atoms with van der Waals surface area (Å²) in [5.41, 5.74) is 7.98. The number of benzene rings is 1. The summed E-state index contributed by atoms with van der Waals surface area (Å²) >= 11 is 0. The molecule has 4 nitrogen and oxygen atoms in total. The Labute approximate surface area is 102 Å². The van der Waals surface area contributed by atoms with Crippen molar-refractivity contribution in [1.82, 2.24) is 5.32 Å². The van der Waals surface area contributed by atoms with E-state index >= 15 is 0 Å². The van der Waals surface area contributed by atoms with Gasteiger partial charge in [0.15, 0.2) is 0 Å². The molecule has 2 amide bonds. The van der Waals surface area contributed by atoms with Crippen molar-refractivity contribution in [2.75, 3.05) is 11.1 Å². The fourth-order valence-corrected chi connectivity index (χ4v) is 1.25. The van der Waals surface area contributed by atoms with E-state index in [1.807, 2.05) is 39.0 Å². The molecule has 0 fully saturated rings. The minimum absolute atomic E-state index is 0.292. The number of hydrogen-bond donors (Lipinski definition) is 3. The Balaban J connectivity index is 2.59. The highest BCUT2D eigenvalue weighted by molar-refractivity contribution is 5.93. The van der Waals surface area contributed by atoms with E-state index in [0.717, 1.165) is 5.56 Å². The Hall–Kier alpha value is -1.97. The second kappa shape index (κ2) is 5.94. The smallest absolute Gasteiger partial charge is 0.323 e. The summed E-state index contributed by atoms with van der Waals surface area (Å²) in [6.45, 7) is 6.02. The fraction of sp³-hybridized carbons (Fsp3) is 0.308. The van der Waals surface area contributed by atoms with Crippen LogP contribution in [0.5, 0.6) is 0 Å². The molecule has 17 heavy (non-hydrogen) atoms. The van der Waals surface area contributed by atoms with E-state index in [1.54, 1.807) is 12.3 Å². The normalized spacial score (nSPS) is 10.8. The Morgan fingerprint density at radius 2 is 2.12 bits per heavy atom. The van der Waals surface area contributed by atoms with Gasteiger partial charge in [-0.2, -0.15) is 0 Å². The number of nitrogens with one attached hydrogen (secondary N) is 2. The molecule has 92 valence electrons. The van der Waals surface area contributed by atoms with Crippen LogP contribution >= 0.6 is 0 Å². The monoisotopic (exact) mass is 233 g/mol. The van der Waals surface area contributed by atoms with Crippen LogP contribution in [-0.2, 0) is 0 Å². The van der Waals surface area contributed by atoms with Gasteiger partial charge >= 0.3 is 6.03 Å². The van der Waals surface area contributed by atoms with Crippen molar-refractivity contribution in [2.24, 2.45) is 5.92 Å². The van der Waals surface area contributed by atoms with Crippen molar-refractivity contribution < 1.29 is 4.79 Å². The molecule has 0 aromatic heterocycles. The lowest BCUT2D eigenvalue weighted by Crippen LogP contribution is -2.24. The van der Waals surface area contributed by atoms with Gasteiger partial charge in [-0.3, -0.25) is 0 Å². The summed E-state index contributed by atoms with van der Waals surface area (Å²) in [6, 6.07) is 5.21. The summed E-state index contributed by atoms with van der Waals surface area (Å²) in [6.07, 6.45) is 3.53. The fourth-order valence-electron chi connectivity index (χ4n) is 1.25. The quantitative estimate of drug-likeness (QED) is 0.703. The summed E-state index contributed by atoms with van der Waals surface area (Å²) in [5, 5.41) is 5.32. The maximum absolute atomic E-state index is 11.5. The van der Waals surface area contributed by atoms with Crippen molar-refractivity contribution in [3.63, 3.8) is 0 Å². The average Bonchev–Trinajstić information content (AvgIpc) is 2.23. The van der Waals surface area contributed by atoms with Gasteiger partial charge in [-0.25, -0.2) is 4.79 Å². The highest BCUT2D eigenvalue weighted by atomic mass is 16.2. The van der Waals surface area contributed by atoms with Gasteiger partial charge < -0.3 is 16.4 Å². The van der Waals surface area contributed by atoms with Crippen LogP contribution in [0.15, 0.2) is 30.5 Å². The number of allylic oxidation sites excluding steroid dienone is 1. The molecule has 0 bridgehead atoms. The zero-order valence-corrected chi connectivity index (χ0v) is 10.4. The van der Waals surface area contributed by atoms with E-state index in [4.69, 9.17) is 5.73 Å². The van der Waals surface area contributed by atoms with Crippen molar-refractivity contribution in [2.45, 2.75) is 20.8 Å². The number of rotatable bonds is 3. The Kier molecular flexibility index (Phi) is 4.57. The zero-order valence-electron chi connectivity index (χ0n) is 10.4. The van der Waals surface area contributed by atoms with Gasteiger partial charge in [0, 0.05) is 6.20 Å². The molecule has 0 saturated heterocycles. The number of urea groups is 1. The summed E-state index contributed by atoms with van der Waals surface area (Å²) in [4.78, 5) is 11.5. The van der Waals surface area contributed by atoms with Gasteiger partial charge in [0.2, 0.25) is 0 Å². The van der Waals surface area contributed by atoms with E-state index in [9.17, 15) is 4.79 Å². The molecule has 4 heteroatoms. The molecule has 0 aliphatic rings. The molecule has 0 heterocycles. The lowest BCUT2D eigenvalue weighted by atomic mass is 10.2. The Morgan fingerprint density at radius 1 is 1.41 bits per heavy atom. The maximum Gasteiger partial charge on any atom is 0.323 e. The molecular weight excluding hydrogens is 214 g/mol. The standard InChI is InChI=1S/C13H19N3O/c1-9(2)6-7-15-13(17)16-12-8-10(3)4-5-11(12)14/h4-9H,14H2,1-3H3,(H2,15,16,17)/b7-6+. The van der Waals surface area contributed by atoms with E-state index in [0.29, 0.717) is 17.3 Å². The molecule has 0 saturated carbocycles.